The van der Waals surface area contributed by atoms with Crippen LogP contribution in [0.5, 0.6) is 5.75 Å². The Morgan fingerprint density at radius 1 is 1.38 bits per heavy atom. The van der Waals surface area contributed by atoms with Crippen molar-refractivity contribution >= 4 is 11.8 Å². The number of aliphatic hydroxyl groups is 1. The van der Waals surface area contributed by atoms with Gasteiger partial charge in [0, 0.05) is 18.2 Å². The van der Waals surface area contributed by atoms with E-state index in [4.69, 9.17) is 9.15 Å². The quantitative estimate of drug-likeness (QED) is 0.667. The molecule has 0 radical (unpaired) electrons. The summed E-state index contributed by atoms with van der Waals surface area (Å²) in [6.07, 6.45) is 0.416. The first-order valence-corrected chi connectivity index (χ1v) is 7.13. The van der Waals surface area contributed by atoms with E-state index in [1.165, 1.54) is 25.3 Å². The number of hydrogen-bond acceptors (Lipinski definition) is 6. The number of aryl methyl sites for hydroxylation is 1. The third kappa shape index (κ3) is 3.69. The van der Waals surface area contributed by atoms with Gasteiger partial charge < -0.3 is 14.3 Å². The Morgan fingerprint density at radius 3 is 2.54 bits per heavy atom. The minimum atomic E-state index is -1.22. The van der Waals surface area contributed by atoms with Crippen LogP contribution in [-0.4, -0.2) is 17.1 Å². The summed E-state index contributed by atoms with van der Waals surface area (Å²) in [7, 11) is 1.40. The lowest BCUT2D eigenvalue weighted by Crippen LogP contribution is -2.15. The summed E-state index contributed by atoms with van der Waals surface area (Å²) in [5.74, 6) is 0.623. The topological polar surface area (TPSA) is 103 Å². The van der Waals surface area contributed by atoms with Crippen molar-refractivity contribution in [3.63, 3.8) is 0 Å². The first-order valence-electron chi connectivity index (χ1n) is 7.13. The molecule has 0 aliphatic carbocycles. The Balaban J connectivity index is 2.37. The highest BCUT2D eigenvalue weighted by molar-refractivity contribution is 5.56. The number of nitro groups is 1. The zero-order chi connectivity index (χ0) is 17.9. The van der Waals surface area contributed by atoms with Gasteiger partial charge in [-0.05, 0) is 37.1 Å². The fourth-order valence-electron chi connectivity index (χ4n) is 2.27. The largest absolute Gasteiger partial charge is 0.496 e. The lowest BCUT2D eigenvalue weighted by Gasteiger charge is -2.14. The molecule has 0 aliphatic rings. The average molecular weight is 331 g/mol. The van der Waals surface area contributed by atoms with E-state index in [9.17, 15) is 20.0 Å². The van der Waals surface area contributed by atoms with Crippen LogP contribution in [0.1, 0.15) is 29.9 Å². The van der Waals surface area contributed by atoms with Crippen molar-refractivity contribution in [2.75, 3.05) is 7.11 Å². The third-order valence-corrected chi connectivity index (χ3v) is 3.50. The van der Waals surface area contributed by atoms with Crippen molar-refractivity contribution in [1.82, 2.24) is 0 Å². The van der Waals surface area contributed by atoms with Gasteiger partial charge in [-0.2, -0.15) is 0 Å². The highest BCUT2D eigenvalue weighted by Gasteiger charge is 2.21. The van der Waals surface area contributed by atoms with Crippen molar-refractivity contribution < 1.29 is 19.2 Å². The molecule has 7 nitrogen and oxygen atoms in total. The zero-order valence-electron chi connectivity index (χ0n) is 13.5. The van der Waals surface area contributed by atoms with E-state index in [1.54, 1.807) is 32.1 Å². The number of methoxy groups -OCH3 is 1. The monoisotopic (exact) mass is 331 g/mol. The molecule has 7 heteroatoms. The molecule has 126 valence electrons. The SMILES string of the molecule is COc1cc(C)oc(=O)c1C(O)/C(C)=C/c1ccc([N+](=O)[O-])cc1. The molecule has 2 aromatic rings. The third-order valence-electron chi connectivity index (χ3n) is 3.50. The van der Waals surface area contributed by atoms with Gasteiger partial charge in [-0.3, -0.25) is 10.1 Å². The van der Waals surface area contributed by atoms with E-state index in [0.29, 0.717) is 16.9 Å². The normalized spacial score (nSPS) is 12.8. The van der Waals surface area contributed by atoms with Crippen molar-refractivity contribution in [3.8, 4) is 5.75 Å². The summed E-state index contributed by atoms with van der Waals surface area (Å²) in [6, 6.07) is 7.38. The highest BCUT2D eigenvalue weighted by Crippen LogP contribution is 2.29. The maximum atomic E-state index is 12.0. The van der Waals surface area contributed by atoms with Crippen molar-refractivity contribution in [2.24, 2.45) is 0 Å². The molecule has 24 heavy (non-hydrogen) atoms. The summed E-state index contributed by atoms with van der Waals surface area (Å²) in [5.41, 5.74) is 0.451. The number of rotatable bonds is 5. The maximum Gasteiger partial charge on any atom is 0.345 e. The first kappa shape index (κ1) is 17.4. The molecule has 0 saturated carbocycles. The van der Waals surface area contributed by atoms with E-state index in [2.05, 4.69) is 0 Å². The molecule has 0 bridgehead atoms. The summed E-state index contributed by atoms with van der Waals surface area (Å²) in [6.45, 7) is 3.25. The molecule has 1 N–H and O–H groups in total. The molecule has 0 aliphatic heterocycles. The Kier molecular flexibility index (Phi) is 5.15. The van der Waals surface area contributed by atoms with Crippen LogP contribution >= 0.6 is 0 Å². The molecule has 1 atom stereocenters. The fourth-order valence-corrected chi connectivity index (χ4v) is 2.27. The van der Waals surface area contributed by atoms with Crippen LogP contribution in [0.2, 0.25) is 0 Å². The Hall–Kier alpha value is -2.93. The smallest absolute Gasteiger partial charge is 0.345 e. The molecular weight excluding hydrogens is 314 g/mol. The molecule has 1 aromatic carbocycles. The number of ether oxygens (including phenoxy) is 1. The van der Waals surface area contributed by atoms with Crippen LogP contribution in [0.4, 0.5) is 5.69 Å². The summed E-state index contributed by atoms with van der Waals surface area (Å²) < 4.78 is 10.2. The molecule has 1 unspecified atom stereocenters. The van der Waals surface area contributed by atoms with Crippen molar-refractivity contribution in [3.05, 3.63) is 73.3 Å². The van der Waals surface area contributed by atoms with Crippen molar-refractivity contribution in [1.29, 1.82) is 0 Å². The van der Waals surface area contributed by atoms with Gasteiger partial charge in [0.1, 0.15) is 23.2 Å². The summed E-state index contributed by atoms with van der Waals surface area (Å²) >= 11 is 0. The minimum absolute atomic E-state index is 0.0127. The molecule has 1 aromatic heterocycles. The Morgan fingerprint density at radius 2 is 2.00 bits per heavy atom. The number of hydrogen-bond donors (Lipinski definition) is 1. The standard InChI is InChI=1S/C17H17NO6/c1-10(8-12-4-6-13(7-5-12)18(21)22)16(19)15-14(23-3)9-11(2)24-17(15)20/h4-9,16,19H,1-3H3/b10-8+. The molecule has 0 saturated heterocycles. The number of nitro benzene ring substituents is 1. The van der Waals surface area contributed by atoms with Gasteiger partial charge in [0.15, 0.2) is 0 Å². The van der Waals surface area contributed by atoms with Gasteiger partial charge in [-0.1, -0.05) is 6.08 Å². The van der Waals surface area contributed by atoms with E-state index in [0.717, 1.165) is 0 Å². The Bertz CT molecular complexity index is 835. The molecule has 2 rings (SSSR count). The number of aliphatic hydroxyl groups excluding tert-OH is 1. The molecule has 0 fully saturated rings. The number of non-ortho nitro benzene ring substituents is 1. The minimum Gasteiger partial charge on any atom is -0.496 e. The lowest BCUT2D eigenvalue weighted by atomic mass is 10.0. The number of nitrogens with zero attached hydrogens (tertiary/aromatic N) is 1. The van der Waals surface area contributed by atoms with E-state index >= 15 is 0 Å². The summed E-state index contributed by atoms with van der Waals surface area (Å²) in [4.78, 5) is 22.2. The maximum absolute atomic E-state index is 12.0. The molecular formula is C17H17NO6. The predicted molar refractivity (Wildman–Crippen MR) is 88.0 cm³/mol. The van der Waals surface area contributed by atoms with Gasteiger partial charge >= 0.3 is 5.63 Å². The zero-order valence-corrected chi connectivity index (χ0v) is 13.5. The fraction of sp³-hybridized carbons (Fsp3) is 0.235. The van der Waals surface area contributed by atoms with Crippen LogP contribution in [0.25, 0.3) is 6.08 Å². The van der Waals surface area contributed by atoms with Crippen LogP contribution in [0, 0.1) is 17.0 Å². The van der Waals surface area contributed by atoms with Crippen LogP contribution in [0.3, 0.4) is 0 Å². The number of benzene rings is 1. The predicted octanol–water partition coefficient (Wildman–Crippen LogP) is 3.00. The van der Waals surface area contributed by atoms with Gasteiger partial charge in [-0.15, -0.1) is 0 Å². The van der Waals surface area contributed by atoms with E-state index in [-0.39, 0.29) is 17.0 Å². The van der Waals surface area contributed by atoms with E-state index < -0.39 is 16.7 Å². The van der Waals surface area contributed by atoms with Gasteiger partial charge in [0.05, 0.1) is 12.0 Å². The van der Waals surface area contributed by atoms with Crippen LogP contribution in [-0.2, 0) is 0 Å². The lowest BCUT2D eigenvalue weighted by molar-refractivity contribution is -0.384. The second-order valence-electron chi connectivity index (χ2n) is 5.27. The van der Waals surface area contributed by atoms with Gasteiger partial charge in [-0.25, -0.2) is 4.79 Å². The van der Waals surface area contributed by atoms with Crippen molar-refractivity contribution in [2.45, 2.75) is 20.0 Å². The van der Waals surface area contributed by atoms with E-state index in [1.807, 2.05) is 0 Å². The Labute approximate surface area is 138 Å². The molecule has 1 heterocycles. The molecule has 0 amide bonds. The van der Waals surface area contributed by atoms with Crippen LogP contribution < -0.4 is 10.4 Å². The van der Waals surface area contributed by atoms with Gasteiger partial charge in [0.25, 0.3) is 5.69 Å². The van der Waals surface area contributed by atoms with Crippen LogP contribution in [0.15, 0.2) is 45.1 Å². The van der Waals surface area contributed by atoms with Gasteiger partial charge in [0.2, 0.25) is 0 Å². The highest BCUT2D eigenvalue weighted by atomic mass is 16.6. The second-order valence-corrected chi connectivity index (χ2v) is 5.27. The second kappa shape index (κ2) is 7.10. The molecule has 0 spiro atoms. The summed E-state index contributed by atoms with van der Waals surface area (Å²) in [5, 5.41) is 21.1. The first-order chi connectivity index (χ1) is 11.3. The average Bonchev–Trinajstić information content (AvgIpc) is 2.53.